The number of nitrogens with zero attached hydrogens (tertiary/aromatic N) is 2. The van der Waals surface area contributed by atoms with Crippen molar-refractivity contribution in [1.82, 2.24) is 5.32 Å². The molecule has 0 saturated heterocycles. The van der Waals surface area contributed by atoms with Crippen LogP contribution < -0.4 is 10.2 Å². The molecule has 0 unspecified atom stereocenters. The van der Waals surface area contributed by atoms with Crippen molar-refractivity contribution in [3.8, 4) is 0 Å². The zero-order valence-electron chi connectivity index (χ0n) is 11.8. The van der Waals surface area contributed by atoms with Gasteiger partial charge in [-0.3, -0.25) is 19.7 Å². The summed E-state index contributed by atoms with van der Waals surface area (Å²) in [5, 5.41) is 22.3. The molecule has 1 aromatic carbocycles. The van der Waals surface area contributed by atoms with Crippen LogP contribution in [0.2, 0.25) is 0 Å². The van der Waals surface area contributed by atoms with Crippen LogP contribution in [-0.4, -0.2) is 42.0 Å². The van der Waals surface area contributed by atoms with E-state index in [2.05, 4.69) is 5.32 Å². The summed E-state index contributed by atoms with van der Waals surface area (Å²) in [6.45, 7) is 2.32. The van der Waals surface area contributed by atoms with E-state index in [0.29, 0.717) is 12.1 Å². The van der Waals surface area contributed by atoms with Gasteiger partial charge in [0.05, 0.1) is 11.3 Å². The molecule has 1 amide bonds. The van der Waals surface area contributed by atoms with E-state index in [1.165, 1.54) is 23.1 Å². The lowest BCUT2D eigenvalue weighted by Gasteiger charge is -2.18. The number of nitrogens with one attached hydrogen (secondary N) is 1. The van der Waals surface area contributed by atoms with E-state index < -0.39 is 10.9 Å². The number of carboxylic acids is 1. The largest absolute Gasteiger partial charge is 0.481 e. The Morgan fingerprint density at radius 2 is 2.10 bits per heavy atom. The smallest absolute Gasteiger partial charge is 0.305 e. The third-order valence-corrected chi connectivity index (χ3v) is 2.84. The number of hydrogen-bond donors (Lipinski definition) is 2. The second kappa shape index (κ2) is 7.22. The standard InChI is InChI=1S/C13H17N3O5/c1-3-14-13(19)9-4-5-10(16(20)21)11(8-9)15(2)7-6-12(17)18/h4-5,8H,3,6-7H2,1-2H3,(H,14,19)(H,17,18). The number of aliphatic carboxylic acids is 1. The van der Waals surface area contributed by atoms with Gasteiger partial charge in [-0.2, -0.15) is 0 Å². The molecule has 0 fully saturated rings. The number of rotatable bonds is 7. The van der Waals surface area contributed by atoms with Gasteiger partial charge in [-0.1, -0.05) is 0 Å². The zero-order valence-corrected chi connectivity index (χ0v) is 11.8. The molecule has 0 aliphatic carbocycles. The Hall–Kier alpha value is -2.64. The summed E-state index contributed by atoms with van der Waals surface area (Å²) >= 11 is 0. The molecule has 1 aromatic rings. The molecule has 1 rings (SSSR count). The van der Waals surface area contributed by atoms with Crippen molar-refractivity contribution in [2.45, 2.75) is 13.3 Å². The number of benzene rings is 1. The molecule has 8 nitrogen and oxygen atoms in total. The second-order valence-electron chi connectivity index (χ2n) is 4.39. The minimum absolute atomic E-state index is 0.106. The lowest BCUT2D eigenvalue weighted by molar-refractivity contribution is -0.384. The third-order valence-electron chi connectivity index (χ3n) is 2.84. The SMILES string of the molecule is CCNC(=O)c1ccc([N+](=O)[O-])c(N(C)CCC(=O)O)c1. The van der Waals surface area contributed by atoms with Crippen molar-refractivity contribution >= 4 is 23.3 Å². The van der Waals surface area contributed by atoms with E-state index in [9.17, 15) is 19.7 Å². The highest BCUT2D eigenvalue weighted by Crippen LogP contribution is 2.28. The molecule has 0 aliphatic heterocycles. The molecular formula is C13H17N3O5. The third kappa shape index (κ3) is 4.44. The second-order valence-corrected chi connectivity index (χ2v) is 4.39. The van der Waals surface area contributed by atoms with Crippen LogP contribution in [0.3, 0.4) is 0 Å². The Kier molecular flexibility index (Phi) is 5.65. The zero-order chi connectivity index (χ0) is 16.0. The molecular weight excluding hydrogens is 278 g/mol. The molecule has 8 heteroatoms. The first-order chi connectivity index (χ1) is 9.86. The Bertz CT molecular complexity index is 559. The number of carboxylic acid groups (broad SMARTS) is 1. The predicted octanol–water partition coefficient (Wildman–Crippen LogP) is 1.26. The van der Waals surface area contributed by atoms with E-state index in [0.717, 1.165) is 0 Å². The Labute approximate surface area is 121 Å². The molecule has 21 heavy (non-hydrogen) atoms. The van der Waals surface area contributed by atoms with Gasteiger partial charge in [0.1, 0.15) is 5.69 Å². The van der Waals surface area contributed by atoms with E-state index in [-0.39, 0.29) is 30.2 Å². The van der Waals surface area contributed by atoms with Crippen LogP contribution in [-0.2, 0) is 4.79 Å². The van der Waals surface area contributed by atoms with E-state index >= 15 is 0 Å². The maximum absolute atomic E-state index is 11.8. The van der Waals surface area contributed by atoms with Crippen LogP contribution in [0.15, 0.2) is 18.2 Å². The maximum atomic E-state index is 11.8. The number of amides is 1. The molecule has 0 aliphatic rings. The molecule has 0 atom stereocenters. The normalized spacial score (nSPS) is 10.0. The van der Waals surface area contributed by atoms with Crippen LogP contribution in [0.4, 0.5) is 11.4 Å². The molecule has 0 heterocycles. The summed E-state index contributed by atoms with van der Waals surface area (Å²) < 4.78 is 0. The number of hydrogen-bond acceptors (Lipinski definition) is 5. The Morgan fingerprint density at radius 3 is 2.62 bits per heavy atom. The fourth-order valence-corrected chi connectivity index (χ4v) is 1.77. The first kappa shape index (κ1) is 16.4. The average molecular weight is 295 g/mol. The predicted molar refractivity (Wildman–Crippen MR) is 76.6 cm³/mol. The van der Waals surface area contributed by atoms with Crippen molar-refractivity contribution in [3.63, 3.8) is 0 Å². The molecule has 0 radical (unpaired) electrons. The van der Waals surface area contributed by atoms with Gasteiger partial charge in [0.2, 0.25) is 0 Å². The van der Waals surface area contributed by atoms with Crippen molar-refractivity contribution in [3.05, 3.63) is 33.9 Å². The molecule has 0 aromatic heterocycles. The maximum Gasteiger partial charge on any atom is 0.305 e. The van der Waals surface area contributed by atoms with Gasteiger partial charge in [0.15, 0.2) is 0 Å². The van der Waals surface area contributed by atoms with Crippen LogP contribution in [0, 0.1) is 10.1 Å². The van der Waals surface area contributed by atoms with Gasteiger partial charge in [-0.05, 0) is 19.1 Å². The van der Waals surface area contributed by atoms with Crippen molar-refractivity contribution in [1.29, 1.82) is 0 Å². The lowest BCUT2D eigenvalue weighted by Crippen LogP contribution is -2.25. The van der Waals surface area contributed by atoms with E-state index in [4.69, 9.17) is 5.11 Å². The number of carbonyl (C=O) groups excluding carboxylic acids is 1. The monoisotopic (exact) mass is 295 g/mol. The molecule has 114 valence electrons. The summed E-state index contributed by atoms with van der Waals surface area (Å²) in [6, 6.07) is 4.01. The van der Waals surface area contributed by atoms with Crippen LogP contribution >= 0.6 is 0 Å². The van der Waals surface area contributed by atoms with Gasteiger partial charge >= 0.3 is 5.97 Å². The van der Waals surface area contributed by atoms with Gasteiger partial charge < -0.3 is 15.3 Å². The average Bonchev–Trinajstić information content (AvgIpc) is 2.44. The minimum Gasteiger partial charge on any atom is -0.481 e. The van der Waals surface area contributed by atoms with Crippen LogP contribution in [0.25, 0.3) is 0 Å². The molecule has 2 N–H and O–H groups in total. The Balaban J connectivity index is 3.11. The first-order valence-electron chi connectivity index (χ1n) is 6.36. The number of anilines is 1. The highest BCUT2D eigenvalue weighted by Gasteiger charge is 2.20. The van der Waals surface area contributed by atoms with Crippen molar-refractivity contribution < 1.29 is 19.6 Å². The fraction of sp³-hybridized carbons (Fsp3) is 0.385. The molecule has 0 spiro atoms. The summed E-state index contributed by atoms with van der Waals surface area (Å²) in [7, 11) is 1.55. The van der Waals surface area contributed by atoms with E-state index in [1.54, 1.807) is 14.0 Å². The number of nitro benzene ring substituents is 1. The highest BCUT2D eigenvalue weighted by atomic mass is 16.6. The first-order valence-corrected chi connectivity index (χ1v) is 6.36. The fourth-order valence-electron chi connectivity index (χ4n) is 1.77. The van der Waals surface area contributed by atoms with Crippen LogP contribution in [0.5, 0.6) is 0 Å². The topological polar surface area (TPSA) is 113 Å². The number of nitro groups is 1. The van der Waals surface area contributed by atoms with Crippen LogP contribution in [0.1, 0.15) is 23.7 Å². The van der Waals surface area contributed by atoms with Crippen molar-refractivity contribution in [2.75, 3.05) is 25.0 Å². The van der Waals surface area contributed by atoms with Gasteiger partial charge in [0, 0.05) is 31.8 Å². The summed E-state index contributed by atoms with van der Waals surface area (Å²) in [4.78, 5) is 34.3. The number of carbonyl (C=O) groups is 2. The molecule has 0 bridgehead atoms. The molecule has 0 saturated carbocycles. The van der Waals surface area contributed by atoms with Gasteiger partial charge in [-0.15, -0.1) is 0 Å². The highest BCUT2D eigenvalue weighted by molar-refractivity contribution is 5.96. The van der Waals surface area contributed by atoms with Gasteiger partial charge in [-0.25, -0.2) is 0 Å². The lowest BCUT2D eigenvalue weighted by atomic mass is 10.1. The minimum atomic E-state index is -0.996. The summed E-state index contributed by atoms with van der Waals surface area (Å²) in [5.41, 5.74) is 0.334. The summed E-state index contributed by atoms with van der Waals surface area (Å²) in [5.74, 6) is -1.33. The van der Waals surface area contributed by atoms with Gasteiger partial charge in [0.25, 0.3) is 11.6 Å². The summed E-state index contributed by atoms with van der Waals surface area (Å²) in [6.07, 6.45) is -0.154. The Morgan fingerprint density at radius 1 is 1.43 bits per heavy atom. The van der Waals surface area contributed by atoms with E-state index in [1.807, 2.05) is 0 Å². The van der Waals surface area contributed by atoms with Crippen molar-refractivity contribution in [2.24, 2.45) is 0 Å². The quantitative estimate of drug-likeness (QED) is 0.578.